The molecule has 104 valence electrons. The molecule has 2 atom stereocenters. The van der Waals surface area contributed by atoms with Gasteiger partial charge in [0.15, 0.2) is 0 Å². The molecule has 20 heavy (non-hydrogen) atoms. The van der Waals surface area contributed by atoms with Gasteiger partial charge >= 0.3 is 0 Å². The largest absolute Gasteiger partial charge is 0.496 e. The van der Waals surface area contributed by atoms with Crippen molar-refractivity contribution in [1.82, 2.24) is 0 Å². The Bertz CT molecular complexity index is 626. The van der Waals surface area contributed by atoms with E-state index in [1.165, 1.54) is 0 Å². The Balaban J connectivity index is 1.99. The quantitative estimate of drug-likeness (QED) is 0.900. The minimum absolute atomic E-state index is 0.106. The SMILES string of the molecule is COc1ccccc1CC1(O)CC(N)c2ccccc21. The van der Waals surface area contributed by atoms with E-state index in [4.69, 9.17) is 10.5 Å². The van der Waals surface area contributed by atoms with E-state index in [1.54, 1.807) is 7.11 Å². The lowest BCUT2D eigenvalue weighted by Gasteiger charge is -2.25. The van der Waals surface area contributed by atoms with Crippen LogP contribution in [-0.4, -0.2) is 12.2 Å². The van der Waals surface area contributed by atoms with Gasteiger partial charge in [0.05, 0.1) is 12.7 Å². The maximum absolute atomic E-state index is 11.1. The molecule has 3 heteroatoms. The Kier molecular flexibility index (Phi) is 3.24. The van der Waals surface area contributed by atoms with Crippen LogP contribution in [0.5, 0.6) is 5.75 Å². The summed E-state index contributed by atoms with van der Waals surface area (Å²) in [5.41, 5.74) is 8.23. The minimum Gasteiger partial charge on any atom is -0.496 e. The van der Waals surface area contributed by atoms with Crippen LogP contribution in [0, 0.1) is 0 Å². The van der Waals surface area contributed by atoms with Crippen molar-refractivity contribution in [3.05, 3.63) is 65.2 Å². The summed E-state index contributed by atoms with van der Waals surface area (Å²) >= 11 is 0. The van der Waals surface area contributed by atoms with Crippen molar-refractivity contribution in [3.63, 3.8) is 0 Å². The lowest BCUT2D eigenvalue weighted by Crippen LogP contribution is -2.26. The van der Waals surface area contributed by atoms with Gasteiger partial charge in [0.1, 0.15) is 5.75 Å². The molecule has 0 aromatic heterocycles. The van der Waals surface area contributed by atoms with Gasteiger partial charge in [-0.05, 0) is 29.2 Å². The summed E-state index contributed by atoms with van der Waals surface area (Å²) in [5.74, 6) is 0.805. The molecule has 0 radical (unpaired) electrons. The third kappa shape index (κ3) is 2.09. The molecule has 2 aromatic carbocycles. The summed E-state index contributed by atoms with van der Waals surface area (Å²) < 4.78 is 5.37. The second-order valence-corrected chi connectivity index (χ2v) is 5.42. The summed E-state index contributed by atoms with van der Waals surface area (Å²) in [6.07, 6.45) is 1.06. The molecule has 1 aliphatic carbocycles. The number of methoxy groups -OCH3 is 1. The lowest BCUT2D eigenvalue weighted by atomic mass is 9.88. The summed E-state index contributed by atoms with van der Waals surface area (Å²) in [4.78, 5) is 0. The van der Waals surface area contributed by atoms with Crippen LogP contribution < -0.4 is 10.5 Å². The first-order valence-corrected chi connectivity index (χ1v) is 6.83. The summed E-state index contributed by atoms with van der Waals surface area (Å²) in [6, 6.07) is 15.6. The average Bonchev–Trinajstić information content (AvgIpc) is 2.72. The van der Waals surface area contributed by atoms with Crippen molar-refractivity contribution >= 4 is 0 Å². The Labute approximate surface area is 119 Å². The monoisotopic (exact) mass is 269 g/mol. The maximum Gasteiger partial charge on any atom is 0.122 e. The molecule has 0 saturated heterocycles. The fourth-order valence-electron chi connectivity index (χ4n) is 3.16. The predicted molar refractivity (Wildman–Crippen MR) is 78.6 cm³/mol. The molecule has 0 saturated carbocycles. The van der Waals surface area contributed by atoms with E-state index < -0.39 is 5.60 Å². The van der Waals surface area contributed by atoms with Crippen molar-refractivity contribution in [2.45, 2.75) is 24.5 Å². The Hall–Kier alpha value is -1.84. The first-order valence-electron chi connectivity index (χ1n) is 6.83. The first kappa shape index (κ1) is 13.2. The molecule has 0 heterocycles. The molecule has 0 amide bonds. The zero-order valence-electron chi connectivity index (χ0n) is 11.5. The first-order chi connectivity index (χ1) is 9.64. The third-order valence-corrected chi connectivity index (χ3v) is 4.09. The molecule has 2 unspecified atom stereocenters. The van der Waals surface area contributed by atoms with Gasteiger partial charge < -0.3 is 15.6 Å². The molecule has 0 aliphatic heterocycles. The predicted octanol–water partition coefficient (Wildman–Crippen LogP) is 2.53. The van der Waals surface area contributed by atoms with Gasteiger partial charge in [-0.2, -0.15) is 0 Å². The lowest BCUT2D eigenvalue weighted by molar-refractivity contribution is 0.0336. The van der Waals surface area contributed by atoms with E-state index in [-0.39, 0.29) is 6.04 Å². The zero-order chi connectivity index (χ0) is 14.2. The van der Waals surface area contributed by atoms with Crippen LogP contribution in [0.25, 0.3) is 0 Å². The average molecular weight is 269 g/mol. The van der Waals surface area contributed by atoms with Crippen molar-refractivity contribution in [1.29, 1.82) is 0 Å². The van der Waals surface area contributed by atoms with Gasteiger partial charge in [-0.15, -0.1) is 0 Å². The standard InChI is InChI=1S/C17H19NO2/c1-20-16-9-5-2-6-12(16)10-17(19)11-15(18)13-7-3-4-8-14(13)17/h2-9,15,19H,10-11,18H2,1H3. The van der Waals surface area contributed by atoms with Gasteiger partial charge in [-0.25, -0.2) is 0 Å². The van der Waals surface area contributed by atoms with E-state index in [0.29, 0.717) is 12.8 Å². The van der Waals surface area contributed by atoms with Gasteiger partial charge in [-0.3, -0.25) is 0 Å². The van der Waals surface area contributed by atoms with Crippen molar-refractivity contribution in [3.8, 4) is 5.75 Å². The van der Waals surface area contributed by atoms with Crippen LogP contribution in [-0.2, 0) is 12.0 Å². The highest BCUT2D eigenvalue weighted by Gasteiger charge is 2.41. The van der Waals surface area contributed by atoms with E-state index in [1.807, 2.05) is 48.5 Å². The van der Waals surface area contributed by atoms with E-state index in [9.17, 15) is 5.11 Å². The number of hydrogen-bond donors (Lipinski definition) is 2. The summed E-state index contributed by atoms with van der Waals surface area (Å²) in [7, 11) is 1.65. The molecule has 0 spiro atoms. The highest BCUT2D eigenvalue weighted by atomic mass is 16.5. The molecule has 2 aromatic rings. The highest BCUT2D eigenvalue weighted by molar-refractivity contribution is 5.43. The molecular weight excluding hydrogens is 250 g/mol. The molecular formula is C17H19NO2. The number of rotatable bonds is 3. The number of para-hydroxylation sites is 1. The normalized spacial score (nSPS) is 24.4. The second-order valence-electron chi connectivity index (χ2n) is 5.42. The van der Waals surface area contributed by atoms with Gasteiger partial charge in [0.25, 0.3) is 0 Å². The van der Waals surface area contributed by atoms with Crippen molar-refractivity contribution in [2.24, 2.45) is 5.73 Å². The number of ether oxygens (including phenoxy) is 1. The smallest absolute Gasteiger partial charge is 0.122 e. The van der Waals surface area contributed by atoms with Crippen molar-refractivity contribution in [2.75, 3.05) is 7.11 Å². The van der Waals surface area contributed by atoms with Gasteiger partial charge in [0, 0.05) is 12.5 Å². The second kappa shape index (κ2) is 4.93. The Morgan fingerprint density at radius 2 is 1.90 bits per heavy atom. The molecule has 0 fully saturated rings. The van der Waals surface area contributed by atoms with E-state index in [2.05, 4.69) is 0 Å². The van der Waals surface area contributed by atoms with Crippen LogP contribution in [0.2, 0.25) is 0 Å². The van der Waals surface area contributed by atoms with Crippen LogP contribution in [0.4, 0.5) is 0 Å². The maximum atomic E-state index is 11.1. The van der Waals surface area contributed by atoms with Crippen LogP contribution in [0.1, 0.15) is 29.2 Å². The Morgan fingerprint density at radius 1 is 1.20 bits per heavy atom. The van der Waals surface area contributed by atoms with Crippen LogP contribution >= 0.6 is 0 Å². The molecule has 3 nitrogen and oxygen atoms in total. The fraction of sp³-hybridized carbons (Fsp3) is 0.294. The number of fused-ring (bicyclic) bond motifs is 1. The number of aliphatic hydroxyl groups is 1. The van der Waals surface area contributed by atoms with Crippen LogP contribution in [0.15, 0.2) is 48.5 Å². The van der Waals surface area contributed by atoms with Crippen molar-refractivity contribution < 1.29 is 9.84 Å². The van der Waals surface area contributed by atoms with E-state index >= 15 is 0 Å². The number of hydrogen-bond acceptors (Lipinski definition) is 3. The Morgan fingerprint density at radius 3 is 2.70 bits per heavy atom. The number of benzene rings is 2. The number of nitrogens with two attached hydrogens (primary N) is 1. The third-order valence-electron chi connectivity index (χ3n) is 4.09. The van der Waals surface area contributed by atoms with E-state index in [0.717, 1.165) is 22.4 Å². The molecule has 0 bridgehead atoms. The van der Waals surface area contributed by atoms with Gasteiger partial charge in [0.2, 0.25) is 0 Å². The molecule has 3 N–H and O–H groups in total. The van der Waals surface area contributed by atoms with Gasteiger partial charge in [-0.1, -0.05) is 42.5 Å². The minimum atomic E-state index is -0.912. The fourth-order valence-corrected chi connectivity index (χ4v) is 3.16. The topological polar surface area (TPSA) is 55.5 Å². The summed E-state index contributed by atoms with van der Waals surface area (Å²) in [5, 5.41) is 11.1. The van der Waals surface area contributed by atoms with Crippen LogP contribution in [0.3, 0.4) is 0 Å². The molecule has 3 rings (SSSR count). The molecule has 1 aliphatic rings. The highest BCUT2D eigenvalue weighted by Crippen LogP contribution is 2.44. The zero-order valence-corrected chi connectivity index (χ0v) is 11.5. The summed E-state index contributed by atoms with van der Waals surface area (Å²) in [6.45, 7) is 0.